The molecule has 0 fully saturated rings. The van der Waals surface area contributed by atoms with Crippen molar-refractivity contribution in [1.29, 1.82) is 0 Å². The molecule has 0 radical (unpaired) electrons. The standard InChI is InChI=1S/C19H26O4/c1-4-6-10-22-15-7-8-16-17(13-19(20)21-5-2)14(3)9-11-23-18(16)12-15/h7-8,12,17H,3-6,9-11,13H2,1-2H3. The highest BCUT2D eigenvalue weighted by Gasteiger charge is 2.26. The number of esters is 1. The summed E-state index contributed by atoms with van der Waals surface area (Å²) in [7, 11) is 0. The van der Waals surface area contributed by atoms with E-state index in [1.807, 2.05) is 25.1 Å². The zero-order valence-electron chi connectivity index (χ0n) is 14.1. The van der Waals surface area contributed by atoms with Gasteiger partial charge in [-0.25, -0.2) is 0 Å². The summed E-state index contributed by atoms with van der Waals surface area (Å²) in [5, 5.41) is 0. The highest BCUT2D eigenvalue weighted by Crippen LogP contribution is 2.39. The minimum atomic E-state index is -0.199. The van der Waals surface area contributed by atoms with Crippen LogP contribution in [0.15, 0.2) is 30.4 Å². The van der Waals surface area contributed by atoms with Gasteiger partial charge in [0.1, 0.15) is 11.5 Å². The lowest BCUT2D eigenvalue weighted by molar-refractivity contribution is -0.143. The summed E-state index contributed by atoms with van der Waals surface area (Å²) in [4.78, 5) is 11.9. The van der Waals surface area contributed by atoms with E-state index in [4.69, 9.17) is 14.2 Å². The molecule has 126 valence electrons. The Kier molecular flexibility index (Phi) is 6.51. The monoisotopic (exact) mass is 318 g/mol. The molecule has 1 heterocycles. The molecule has 1 aromatic rings. The molecule has 0 saturated carbocycles. The van der Waals surface area contributed by atoms with Crippen LogP contribution in [0.2, 0.25) is 0 Å². The van der Waals surface area contributed by atoms with Gasteiger partial charge in [0.2, 0.25) is 0 Å². The van der Waals surface area contributed by atoms with Crippen LogP contribution >= 0.6 is 0 Å². The number of unbranched alkanes of at least 4 members (excludes halogenated alkanes) is 1. The van der Waals surface area contributed by atoms with Crippen LogP contribution in [0, 0.1) is 0 Å². The Bertz CT molecular complexity index is 550. The molecule has 1 aromatic carbocycles. The third-order valence-corrected chi connectivity index (χ3v) is 3.98. The molecule has 0 spiro atoms. The molecular formula is C19H26O4. The van der Waals surface area contributed by atoms with Crippen molar-refractivity contribution < 1.29 is 19.0 Å². The van der Waals surface area contributed by atoms with E-state index in [-0.39, 0.29) is 11.9 Å². The molecule has 1 unspecified atom stereocenters. The third kappa shape index (κ3) is 4.75. The number of hydrogen-bond acceptors (Lipinski definition) is 4. The summed E-state index contributed by atoms with van der Waals surface area (Å²) in [5.74, 6) is 1.33. The van der Waals surface area contributed by atoms with Crippen LogP contribution in [-0.2, 0) is 9.53 Å². The molecule has 0 saturated heterocycles. The summed E-state index contributed by atoms with van der Waals surface area (Å²) in [6, 6.07) is 5.84. The summed E-state index contributed by atoms with van der Waals surface area (Å²) in [6.45, 7) is 9.75. The Morgan fingerprint density at radius 3 is 2.96 bits per heavy atom. The molecular weight excluding hydrogens is 292 g/mol. The molecule has 4 nitrogen and oxygen atoms in total. The van der Waals surface area contributed by atoms with E-state index in [0.717, 1.165) is 41.9 Å². The molecule has 1 atom stereocenters. The second-order valence-electron chi connectivity index (χ2n) is 5.72. The Morgan fingerprint density at radius 1 is 1.39 bits per heavy atom. The maximum atomic E-state index is 11.9. The Hall–Kier alpha value is -1.97. The van der Waals surface area contributed by atoms with Crippen LogP contribution in [-0.4, -0.2) is 25.8 Å². The van der Waals surface area contributed by atoms with E-state index in [9.17, 15) is 4.79 Å². The smallest absolute Gasteiger partial charge is 0.306 e. The zero-order valence-corrected chi connectivity index (χ0v) is 14.1. The fraction of sp³-hybridized carbons (Fsp3) is 0.526. The van der Waals surface area contributed by atoms with Gasteiger partial charge in [-0.05, 0) is 19.4 Å². The molecule has 0 bridgehead atoms. The Balaban J connectivity index is 2.18. The lowest BCUT2D eigenvalue weighted by Crippen LogP contribution is -2.11. The van der Waals surface area contributed by atoms with Gasteiger partial charge < -0.3 is 14.2 Å². The third-order valence-electron chi connectivity index (χ3n) is 3.98. The van der Waals surface area contributed by atoms with Gasteiger partial charge in [-0.3, -0.25) is 4.79 Å². The SMILES string of the molecule is C=C1CCOc2cc(OCCCC)ccc2C1CC(=O)OCC. The lowest BCUT2D eigenvalue weighted by atomic mass is 9.87. The van der Waals surface area contributed by atoms with E-state index in [2.05, 4.69) is 13.5 Å². The Labute approximate surface area is 138 Å². The van der Waals surface area contributed by atoms with E-state index in [0.29, 0.717) is 26.2 Å². The normalized spacial score (nSPS) is 17.0. The molecule has 23 heavy (non-hydrogen) atoms. The van der Waals surface area contributed by atoms with Gasteiger partial charge in [0.25, 0.3) is 0 Å². The first-order valence-electron chi connectivity index (χ1n) is 8.38. The average molecular weight is 318 g/mol. The van der Waals surface area contributed by atoms with Gasteiger partial charge in [-0.15, -0.1) is 0 Å². The average Bonchev–Trinajstić information content (AvgIpc) is 2.67. The number of rotatable bonds is 7. The van der Waals surface area contributed by atoms with Crippen molar-refractivity contribution in [2.45, 2.75) is 45.4 Å². The summed E-state index contributed by atoms with van der Waals surface area (Å²) in [6.07, 6.45) is 3.17. The zero-order chi connectivity index (χ0) is 16.7. The van der Waals surface area contributed by atoms with Crippen molar-refractivity contribution in [3.05, 3.63) is 35.9 Å². The van der Waals surface area contributed by atoms with Crippen molar-refractivity contribution in [2.24, 2.45) is 0 Å². The summed E-state index contributed by atoms with van der Waals surface area (Å²) < 4.78 is 16.7. The molecule has 2 rings (SSSR count). The van der Waals surface area contributed by atoms with Gasteiger partial charge in [0, 0.05) is 24.0 Å². The quantitative estimate of drug-likeness (QED) is 0.428. The molecule has 4 heteroatoms. The lowest BCUT2D eigenvalue weighted by Gasteiger charge is -2.18. The van der Waals surface area contributed by atoms with Crippen molar-refractivity contribution in [2.75, 3.05) is 19.8 Å². The summed E-state index contributed by atoms with van der Waals surface area (Å²) >= 11 is 0. The number of fused-ring (bicyclic) bond motifs is 1. The minimum absolute atomic E-state index is 0.0590. The highest BCUT2D eigenvalue weighted by molar-refractivity contribution is 5.71. The fourth-order valence-corrected chi connectivity index (χ4v) is 2.68. The van der Waals surface area contributed by atoms with Gasteiger partial charge in [-0.2, -0.15) is 0 Å². The van der Waals surface area contributed by atoms with Crippen molar-refractivity contribution in [3.8, 4) is 11.5 Å². The predicted octanol–water partition coefficient (Wildman–Crippen LogP) is 4.24. The number of carbonyl (C=O) groups excluding carboxylic acids is 1. The van der Waals surface area contributed by atoms with E-state index in [1.54, 1.807) is 0 Å². The van der Waals surface area contributed by atoms with E-state index >= 15 is 0 Å². The molecule has 0 amide bonds. The Morgan fingerprint density at radius 2 is 2.22 bits per heavy atom. The molecule has 1 aliphatic heterocycles. The first-order valence-corrected chi connectivity index (χ1v) is 8.38. The van der Waals surface area contributed by atoms with Crippen LogP contribution in [0.1, 0.15) is 51.0 Å². The number of hydrogen-bond donors (Lipinski definition) is 0. The molecule has 0 aromatic heterocycles. The summed E-state index contributed by atoms with van der Waals surface area (Å²) in [5.41, 5.74) is 2.00. The van der Waals surface area contributed by atoms with Gasteiger partial charge in [0.05, 0.1) is 26.2 Å². The van der Waals surface area contributed by atoms with Crippen molar-refractivity contribution in [3.63, 3.8) is 0 Å². The number of benzene rings is 1. The van der Waals surface area contributed by atoms with E-state index in [1.165, 1.54) is 0 Å². The van der Waals surface area contributed by atoms with Crippen LogP contribution in [0.3, 0.4) is 0 Å². The number of carbonyl (C=O) groups is 1. The molecule has 0 N–H and O–H groups in total. The van der Waals surface area contributed by atoms with Gasteiger partial charge in [-0.1, -0.05) is 31.6 Å². The maximum absolute atomic E-state index is 11.9. The number of ether oxygens (including phenoxy) is 3. The van der Waals surface area contributed by atoms with Crippen LogP contribution < -0.4 is 9.47 Å². The van der Waals surface area contributed by atoms with Crippen molar-refractivity contribution in [1.82, 2.24) is 0 Å². The second kappa shape index (κ2) is 8.61. The van der Waals surface area contributed by atoms with Crippen LogP contribution in [0.5, 0.6) is 11.5 Å². The predicted molar refractivity (Wildman–Crippen MR) is 90.1 cm³/mol. The van der Waals surface area contributed by atoms with Crippen LogP contribution in [0.4, 0.5) is 0 Å². The first-order chi connectivity index (χ1) is 11.2. The molecule has 1 aliphatic rings. The molecule has 0 aliphatic carbocycles. The maximum Gasteiger partial charge on any atom is 0.306 e. The highest BCUT2D eigenvalue weighted by atomic mass is 16.5. The fourth-order valence-electron chi connectivity index (χ4n) is 2.68. The van der Waals surface area contributed by atoms with Crippen molar-refractivity contribution >= 4 is 5.97 Å². The largest absolute Gasteiger partial charge is 0.493 e. The first kappa shape index (κ1) is 17.4. The van der Waals surface area contributed by atoms with Gasteiger partial charge >= 0.3 is 5.97 Å². The minimum Gasteiger partial charge on any atom is -0.493 e. The topological polar surface area (TPSA) is 44.8 Å². The van der Waals surface area contributed by atoms with E-state index < -0.39 is 0 Å². The van der Waals surface area contributed by atoms with Gasteiger partial charge in [0.15, 0.2) is 0 Å². The van der Waals surface area contributed by atoms with Crippen LogP contribution in [0.25, 0.3) is 0 Å². The second-order valence-corrected chi connectivity index (χ2v) is 5.72.